The molecule has 18 heavy (non-hydrogen) atoms. The Morgan fingerprint density at radius 2 is 1.83 bits per heavy atom. The highest BCUT2D eigenvalue weighted by Crippen LogP contribution is 2.21. The number of ether oxygens (including phenoxy) is 1. The van der Waals surface area contributed by atoms with Gasteiger partial charge in [-0.25, -0.2) is 0 Å². The van der Waals surface area contributed by atoms with E-state index in [-0.39, 0.29) is 0 Å². The Bertz CT molecular complexity index is 361. The van der Waals surface area contributed by atoms with E-state index in [1.54, 1.807) is 0 Å². The SMILES string of the molecule is CC1CN(CCSc2ccc(Cl)cc2)CC(C)O1. The second kappa shape index (κ2) is 6.80. The molecule has 1 heterocycles. The Labute approximate surface area is 119 Å². The van der Waals surface area contributed by atoms with Gasteiger partial charge >= 0.3 is 0 Å². The molecule has 0 spiro atoms. The highest BCUT2D eigenvalue weighted by atomic mass is 35.5. The lowest BCUT2D eigenvalue weighted by atomic mass is 10.2. The van der Waals surface area contributed by atoms with Gasteiger partial charge in [0, 0.05) is 35.3 Å². The molecule has 100 valence electrons. The summed E-state index contributed by atoms with van der Waals surface area (Å²) in [5, 5.41) is 0.801. The van der Waals surface area contributed by atoms with Crippen molar-refractivity contribution in [1.29, 1.82) is 0 Å². The Morgan fingerprint density at radius 3 is 2.44 bits per heavy atom. The van der Waals surface area contributed by atoms with Crippen LogP contribution in [-0.2, 0) is 4.74 Å². The fourth-order valence-corrected chi connectivity index (χ4v) is 3.33. The van der Waals surface area contributed by atoms with Crippen LogP contribution < -0.4 is 0 Å². The number of thioether (sulfide) groups is 1. The van der Waals surface area contributed by atoms with Crippen molar-refractivity contribution in [3.8, 4) is 0 Å². The second-order valence-electron chi connectivity index (χ2n) is 4.82. The van der Waals surface area contributed by atoms with E-state index in [9.17, 15) is 0 Å². The maximum Gasteiger partial charge on any atom is 0.0678 e. The van der Waals surface area contributed by atoms with Gasteiger partial charge in [0.05, 0.1) is 12.2 Å². The van der Waals surface area contributed by atoms with Gasteiger partial charge in [-0.05, 0) is 38.1 Å². The van der Waals surface area contributed by atoms with E-state index in [4.69, 9.17) is 16.3 Å². The summed E-state index contributed by atoms with van der Waals surface area (Å²) >= 11 is 7.75. The van der Waals surface area contributed by atoms with Crippen LogP contribution in [-0.4, -0.2) is 42.5 Å². The van der Waals surface area contributed by atoms with Crippen LogP contribution in [0.2, 0.25) is 5.02 Å². The molecular formula is C14H20ClNOS. The van der Waals surface area contributed by atoms with Gasteiger partial charge in [-0.1, -0.05) is 11.6 Å². The third-order valence-electron chi connectivity index (χ3n) is 2.99. The first-order valence-corrected chi connectivity index (χ1v) is 7.76. The van der Waals surface area contributed by atoms with Gasteiger partial charge in [0.15, 0.2) is 0 Å². The average molecular weight is 286 g/mol. The zero-order chi connectivity index (χ0) is 13.0. The maximum absolute atomic E-state index is 5.87. The van der Waals surface area contributed by atoms with Crippen molar-refractivity contribution >= 4 is 23.4 Å². The van der Waals surface area contributed by atoms with E-state index in [0.717, 1.165) is 30.4 Å². The normalized spacial score (nSPS) is 25.3. The van der Waals surface area contributed by atoms with Crippen LogP contribution in [0.15, 0.2) is 29.2 Å². The minimum absolute atomic E-state index is 0.356. The van der Waals surface area contributed by atoms with Crippen molar-refractivity contribution in [1.82, 2.24) is 4.90 Å². The molecule has 0 N–H and O–H groups in total. The lowest BCUT2D eigenvalue weighted by Gasteiger charge is -2.35. The molecular weight excluding hydrogens is 266 g/mol. The smallest absolute Gasteiger partial charge is 0.0678 e. The molecule has 1 saturated heterocycles. The largest absolute Gasteiger partial charge is 0.373 e. The van der Waals surface area contributed by atoms with Crippen LogP contribution in [0, 0.1) is 0 Å². The number of hydrogen-bond acceptors (Lipinski definition) is 3. The predicted octanol–water partition coefficient (Wildman–Crippen LogP) is 3.54. The molecule has 4 heteroatoms. The van der Waals surface area contributed by atoms with Gasteiger partial charge in [0.1, 0.15) is 0 Å². The van der Waals surface area contributed by atoms with Gasteiger partial charge < -0.3 is 4.74 Å². The molecule has 1 aliphatic rings. The summed E-state index contributed by atoms with van der Waals surface area (Å²) in [5.74, 6) is 1.11. The summed E-state index contributed by atoms with van der Waals surface area (Å²) in [6.07, 6.45) is 0.712. The van der Waals surface area contributed by atoms with E-state index in [0.29, 0.717) is 12.2 Å². The minimum Gasteiger partial charge on any atom is -0.373 e. The summed E-state index contributed by atoms with van der Waals surface area (Å²) in [6, 6.07) is 8.06. The monoisotopic (exact) mass is 285 g/mol. The van der Waals surface area contributed by atoms with Crippen LogP contribution in [0.4, 0.5) is 0 Å². The van der Waals surface area contributed by atoms with Gasteiger partial charge in [-0.2, -0.15) is 0 Å². The Kier molecular flexibility index (Phi) is 5.37. The number of rotatable bonds is 4. The van der Waals surface area contributed by atoms with Crippen LogP contribution in [0.1, 0.15) is 13.8 Å². The van der Waals surface area contributed by atoms with Gasteiger partial charge in [0.2, 0.25) is 0 Å². The first kappa shape index (κ1) is 14.2. The van der Waals surface area contributed by atoms with Crippen molar-refractivity contribution in [2.75, 3.05) is 25.4 Å². The Morgan fingerprint density at radius 1 is 1.22 bits per heavy atom. The molecule has 0 radical (unpaired) electrons. The van der Waals surface area contributed by atoms with Crippen molar-refractivity contribution < 1.29 is 4.74 Å². The maximum atomic E-state index is 5.87. The highest BCUT2D eigenvalue weighted by molar-refractivity contribution is 7.99. The standard InChI is InChI=1S/C14H20ClNOS/c1-11-9-16(10-12(2)17-11)7-8-18-14-5-3-13(15)4-6-14/h3-6,11-12H,7-10H2,1-2H3. The van der Waals surface area contributed by atoms with Crippen molar-refractivity contribution in [3.63, 3.8) is 0 Å². The van der Waals surface area contributed by atoms with Crippen LogP contribution in [0.25, 0.3) is 0 Å². The Hall–Kier alpha value is -0.220. The fraction of sp³-hybridized carbons (Fsp3) is 0.571. The quantitative estimate of drug-likeness (QED) is 0.785. The molecule has 1 aromatic carbocycles. The molecule has 1 fully saturated rings. The third-order valence-corrected chi connectivity index (χ3v) is 4.23. The third kappa shape index (κ3) is 4.47. The van der Waals surface area contributed by atoms with Crippen LogP contribution in [0.5, 0.6) is 0 Å². The molecule has 2 atom stereocenters. The molecule has 0 aromatic heterocycles. The molecule has 0 aliphatic carbocycles. The number of hydrogen-bond donors (Lipinski definition) is 0. The number of halogens is 1. The van der Waals surface area contributed by atoms with Crippen molar-refractivity contribution in [2.45, 2.75) is 31.0 Å². The van der Waals surface area contributed by atoms with E-state index in [1.807, 2.05) is 23.9 Å². The summed E-state index contributed by atoms with van der Waals surface area (Å²) in [7, 11) is 0. The summed E-state index contributed by atoms with van der Waals surface area (Å²) < 4.78 is 5.73. The number of morpholine rings is 1. The Balaban J connectivity index is 1.73. The molecule has 1 aliphatic heterocycles. The molecule has 1 aromatic rings. The van der Waals surface area contributed by atoms with Crippen LogP contribution >= 0.6 is 23.4 Å². The molecule has 2 nitrogen and oxygen atoms in total. The van der Waals surface area contributed by atoms with Crippen molar-refractivity contribution in [2.24, 2.45) is 0 Å². The highest BCUT2D eigenvalue weighted by Gasteiger charge is 2.21. The molecule has 2 unspecified atom stereocenters. The van der Waals surface area contributed by atoms with Gasteiger partial charge in [0.25, 0.3) is 0 Å². The summed E-state index contributed by atoms with van der Waals surface area (Å²) in [5.41, 5.74) is 0. The predicted molar refractivity (Wildman–Crippen MR) is 78.6 cm³/mol. The lowest BCUT2D eigenvalue weighted by Crippen LogP contribution is -2.46. The molecule has 0 bridgehead atoms. The first-order chi connectivity index (χ1) is 8.63. The zero-order valence-electron chi connectivity index (χ0n) is 10.9. The van der Waals surface area contributed by atoms with E-state index < -0.39 is 0 Å². The summed E-state index contributed by atoms with van der Waals surface area (Å²) in [6.45, 7) is 7.51. The van der Waals surface area contributed by atoms with Gasteiger partial charge in [-0.15, -0.1) is 11.8 Å². The second-order valence-corrected chi connectivity index (χ2v) is 6.42. The van der Waals surface area contributed by atoms with E-state index in [1.165, 1.54) is 4.90 Å². The zero-order valence-corrected chi connectivity index (χ0v) is 12.5. The number of nitrogens with zero attached hydrogens (tertiary/aromatic N) is 1. The topological polar surface area (TPSA) is 12.5 Å². The minimum atomic E-state index is 0.356. The van der Waals surface area contributed by atoms with Crippen molar-refractivity contribution in [3.05, 3.63) is 29.3 Å². The number of benzene rings is 1. The lowest BCUT2D eigenvalue weighted by molar-refractivity contribution is -0.0661. The molecule has 2 rings (SSSR count). The molecule has 0 amide bonds. The van der Waals surface area contributed by atoms with E-state index in [2.05, 4.69) is 30.9 Å². The average Bonchev–Trinajstić information content (AvgIpc) is 2.30. The summed E-state index contributed by atoms with van der Waals surface area (Å²) in [4.78, 5) is 3.77. The van der Waals surface area contributed by atoms with E-state index >= 15 is 0 Å². The van der Waals surface area contributed by atoms with Gasteiger partial charge in [-0.3, -0.25) is 4.90 Å². The molecule has 0 saturated carbocycles. The fourth-order valence-electron chi connectivity index (χ4n) is 2.29. The first-order valence-electron chi connectivity index (χ1n) is 6.39. The van der Waals surface area contributed by atoms with Crippen LogP contribution in [0.3, 0.4) is 0 Å².